The van der Waals surface area contributed by atoms with E-state index in [1.54, 1.807) is 42.5 Å². The lowest BCUT2D eigenvalue weighted by atomic mass is 10.2. The number of hydrogen-bond acceptors (Lipinski definition) is 5. The predicted molar refractivity (Wildman–Crippen MR) is 97.6 cm³/mol. The summed E-state index contributed by atoms with van der Waals surface area (Å²) in [6.07, 6.45) is 0. The Morgan fingerprint density at radius 1 is 1.12 bits per heavy atom. The van der Waals surface area contributed by atoms with Crippen LogP contribution < -0.4 is 0 Å². The van der Waals surface area contributed by atoms with E-state index in [9.17, 15) is 13.2 Å². The van der Waals surface area contributed by atoms with Crippen LogP contribution in [-0.4, -0.2) is 32.1 Å². The molecule has 2 aromatic carbocycles. The van der Waals surface area contributed by atoms with Crippen LogP contribution in [0.5, 0.6) is 0 Å². The summed E-state index contributed by atoms with van der Waals surface area (Å²) in [7, 11) is -2.59. The summed E-state index contributed by atoms with van der Waals surface area (Å²) in [5.41, 5.74) is 0.866. The van der Waals surface area contributed by atoms with Crippen LogP contribution in [0.4, 0.5) is 0 Å². The summed E-state index contributed by atoms with van der Waals surface area (Å²) in [6, 6.07) is 14.7. The van der Waals surface area contributed by atoms with Crippen molar-refractivity contribution in [1.29, 1.82) is 0 Å². The van der Waals surface area contributed by atoms with E-state index in [4.69, 9.17) is 16.3 Å². The molecular formula is C18H16ClNO5S. The molecule has 8 heteroatoms. The molecule has 0 spiro atoms. The molecule has 0 N–H and O–H groups in total. The highest BCUT2D eigenvalue weighted by Crippen LogP contribution is 2.28. The smallest absolute Gasteiger partial charge is 0.331 e. The highest BCUT2D eigenvalue weighted by Gasteiger charge is 2.23. The van der Waals surface area contributed by atoms with Crippen molar-refractivity contribution >= 4 is 38.5 Å². The molecule has 0 atom stereocenters. The molecule has 26 heavy (non-hydrogen) atoms. The van der Waals surface area contributed by atoms with Gasteiger partial charge < -0.3 is 9.47 Å². The minimum Gasteiger partial charge on any atom is -0.467 e. The van der Waals surface area contributed by atoms with Gasteiger partial charge in [-0.1, -0.05) is 29.8 Å². The largest absolute Gasteiger partial charge is 0.467 e. The average molecular weight is 394 g/mol. The molecule has 0 bridgehead atoms. The molecule has 0 saturated carbocycles. The van der Waals surface area contributed by atoms with Crippen molar-refractivity contribution in [2.45, 2.75) is 11.5 Å². The van der Waals surface area contributed by atoms with Crippen molar-refractivity contribution in [3.05, 3.63) is 65.3 Å². The van der Waals surface area contributed by atoms with E-state index in [0.29, 0.717) is 21.6 Å². The van der Waals surface area contributed by atoms with E-state index < -0.39 is 16.0 Å². The Labute approximate surface area is 156 Å². The lowest BCUT2D eigenvalue weighted by molar-refractivity contribution is -0.146. The molecule has 0 radical (unpaired) electrons. The molecular weight excluding hydrogens is 378 g/mol. The van der Waals surface area contributed by atoms with E-state index in [1.165, 1.54) is 23.2 Å². The minimum atomic E-state index is -3.84. The van der Waals surface area contributed by atoms with Gasteiger partial charge in [0.05, 0.1) is 29.8 Å². The van der Waals surface area contributed by atoms with Gasteiger partial charge in [0.2, 0.25) is 0 Å². The summed E-state index contributed by atoms with van der Waals surface area (Å²) < 4.78 is 37.3. The second kappa shape index (κ2) is 7.49. The van der Waals surface area contributed by atoms with Gasteiger partial charge in [-0.3, -0.25) is 0 Å². The van der Waals surface area contributed by atoms with Crippen LogP contribution in [-0.2, 0) is 30.9 Å². The number of methoxy groups -OCH3 is 1. The molecule has 3 aromatic rings. The first kappa shape index (κ1) is 18.4. The van der Waals surface area contributed by atoms with Crippen LogP contribution in [0.2, 0.25) is 5.02 Å². The number of benzene rings is 2. The van der Waals surface area contributed by atoms with Gasteiger partial charge in [-0.2, -0.15) is 0 Å². The van der Waals surface area contributed by atoms with Gasteiger partial charge in [0.1, 0.15) is 6.61 Å². The fourth-order valence-corrected chi connectivity index (χ4v) is 4.33. The van der Waals surface area contributed by atoms with E-state index in [-0.39, 0.29) is 18.1 Å². The van der Waals surface area contributed by atoms with Gasteiger partial charge in [-0.25, -0.2) is 17.2 Å². The van der Waals surface area contributed by atoms with E-state index >= 15 is 0 Å². The molecule has 0 amide bonds. The van der Waals surface area contributed by atoms with Crippen molar-refractivity contribution in [3.63, 3.8) is 0 Å². The first-order valence-corrected chi connectivity index (χ1v) is 9.50. The lowest BCUT2D eigenvalue weighted by Crippen LogP contribution is -2.17. The Bertz CT molecular complexity index is 1040. The minimum absolute atomic E-state index is 0.0759. The van der Waals surface area contributed by atoms with Crippen molar-refractivity contribution in [1.82, 2.24) is 3.97 Å². The van der Waals surface area contributed by atoms with Gasteiger partial charge >= 0.3 is 5.97 Å². The van der Waals surface area contributed by atoms with E-state index in [0.717, 1.165) is 0 Å². The van der Waals surface area contributed by atoms with Gasteiger partial charge in [0, 0.05) is 10.4 Å². The third-order valence-corrected chi connectivity index (χ3v) is 5.79. The second-order valence-electron chi connectivity index (χ2n) is 5.49. The Morgan fingerprint density at radius 2 is 1.85 bits per heavy atom. The number of hydrogen-bond donors (Lipinski definition) is 0. The summed E-state index contributed by atoms with van der Waals surface area (Å²) >= 11 is 6.03. The van der Waals surface area contributed by atoms with Gasteiger partial charge in [0.15, 0.2) is 0 Å². The van der Waals surface area contributed by atoms with Crippen molar-refractivity contribution < 1.29 is 22.7 Å². The normalized spacial score (nSPS) is 11.6. The summed E-state index contributed by atoms with van der Waals surface area (Å²) in [6.45, 7) is -0.350. The van der Waals surface area contributed by atoms with E-state index in [2.05, 4.69) is 4.74 Å². The quantitative estimate of drug-likeness (QED) is 0.601. The van der Waals surface area contributed by atoms with Crippen LogP contribution >= 0.6 is 11.6 Å². The Kier molecular flexibility index (Phi) is 5.31. The molecule has 1 aromatic heterocycles. The van der Waals surface area contributed by atoms with Gasteiger partial charge in [-0.15, -0.1) is 0 Å². The fraction of sp³-hybridized carbons (Fsp3) is 0.167. The number of fused-ring (bicyclic) bond motifs is 1. The van der Waals surface area contributed by atoms with Gasteiger partial charge in [-0.05, 0) is 36.4 Å². The molecule has 136 valence electrons. The first-order valence-electron chi connectivity index (χ1n) is 7.68. The molecule has 0 aliphatic heterocycles. The topological polar surface area (TPSA) is 74.6 Å². The number of carbonyl (C=O) groups excluding carboxylic acids is 1. The third kappa shape index (κ3) is 3.60. The van der Waals surface area contributed by atoms with Crippen molar-refractivity contribution in [2.75, 3.05) is 13.7 Å². The van der Waals surface area contributed by atoms with Crippen LogP contribution in [0.25, 0.3) is 10.9 Å². The van der Waals surface area contributed by atoms with Crippen LogP contribution in [0, 0.1) is 0 Å². The lowest BCUT2D eigenvalue weighted by Gasteiger charge is -2.12. The maximum Gasteiger partial charge on any atom is 0.331 e. The van der Waals surface area contributed by atoms with E-state index in [1.807, 2.05) is 0 Å². The summed E-state index contributed by atoms with van der Waals surface area (Å²) in [5, 5.41) is 1.16. The molecule has 0 fully saturated rings. The molecule has 0 unspecified atom stereocenters. The molecule has 3 rings (SSSR count). The zero-order chi connectivity index (χ0) is 18.7. The standard InChI is InChI=1S/C18H16ClNO5S/c1-24-18(21)12-25-11-15-10-13-9-14(19)7-8-17(13)20(15)26(22,23)16-5-3-2-4-6-16/h2-10H,11-12H2,1H3. The number of halogens is 1. The average Bonchev–Trinajstić information content (AvgIpc) is 3.00. The predicted octanol–water partition coefficient (Wildman–Crippen LogP) is 3.22. The highest BCUT2D eigenvalue weighted by molar-refractivity contribution is 7.90. The number of ether oxygens (including phenoxy) is 2. The highest BCUT2D eigenvalue weighted by atomic mass is 35.5. The monoisotopic (exact) mass is 393 g/mol. The molecule has 6 nitrogen and oxygen atoms in total. The first-order chi connectivity index (χ1) is 12.4. The third-order valence-electron chi connectivity index (χ3n) is 3.77. The summed E-state index contributed by atoms with van der Waals surface area (Å²) in [5.74, 6) is -0.540. The molecule has 0 aliphatic carbocycles. The molecule has 1 heterocycles. The number of rotatable bonds is 6. The number of nitrogens with zero attached hydrogens (tertiary/aromatic N) is 1. The number of aromatic nitrogens is 1. The maximum absolute atomic E-state index is 13.2. The molecule has 0 saturated heterocycles. The van der Waals surface area contributed by atoms with Crippen LogP contribution in [0.1, 0.15) is 5.69 Å². The SMILES string of the molecule is COC(=O)COCc1cc2cc(Cl)ccc2n1S(=O)(=O)c1ccccc1. The van der Waals surface area contributed by atoms with Crippen LogP contribution in [0.3, 0.4) is 0 Å². The molecule has 0 aliphatic rings. The zero-order valence-electron chi connectivity index (χ0n) is 13.9. The van der Waals surface area contributed by atoms with Crippen molar-refractivity contribution in [3.8, 4) is 0 Å². The zero-order valence-corrected chi connectivity index (χ0v) is 15.5. The number of carbonyl (C=O) groups is 1. The van der Waals surface area contributed by atoms with Crippen molar-refractivity contribution in [2.24, 2.45) is 0 Å². The Hall–Kier alpha value is -2.35. The van der Waals surface area contributed by atoms with Crippen LogP contribution in [0.15, 0.2) is 59.5 Å². The van der Waals surface area contributed by atoms with Gasteiger partial charge in [0.25, 0.3) is 10.0 Å². The summed E-state index contributed by atoms with van der Waals surface area (Å²) in [4.78, 5) is 11.4. The fourth-order valence-electron chi connectivity index (χ4n) is 2.60. The second-order valence-corrected chi connectivity index (χ2v) is 7.71. The Morgan fingerprint density at radius 3 is 2.54 bits per heavy atom. The Balaban J connectivity index is 2.09. The number of esters is 1. The maximum atomic E-state index is 13.2.